The molecule has 2 aromatic heterocycles. The molecule has 0 atom stereocenters. The number of thioether (sulfide) groups is 1. The van der Waals surface area contributed by atoms with E-state index in [1.807, 2.05) is 54.9 Å². The zero-order valence-corrected chi connectivity index (χ0v) is 12.5. The van der Waals surface area contributed by atoms with Crippen LogP contribution < -0.4 is 4.90 Å². The van der Waals surface area contributed by atoms with Gasteiger partial charge in [0.1, 0.15) is 5.69 Å². The van der Waals surface area contributed by atoms with Gasteiger partial charge in [0.25, 0.3) is 0 Å². The van der Waals surface area contributed by atoms with Crippen molar-refractivity contribution in [3.8, 4) is 0 Å². The van der Waals surface area contributed by atoms with Gasteiger partial charge in [0.2, 0.25) is 0 Å². The Morgan fingerprint density at radius 3 is 2.74 bits per heavy atom. The number of carbonyl (C=O) groups is 1. The third-order valence-electron chi connectivity index (χ3n) is 2.93. The average molecular weight is 278 g/mol. The van der Waals surface area contributed by atoms with Crippen molar-refractivity contribution >= 4 is 28.9 Å². The second-order valence-electron chi connectivity index (χ2n) is 4.36. The summed E-state index contributed by atoms with van der Waals surface area (Å²) in [6.07, 6.45) is 3.88. The maximum absolute atomic E-state index is 12.1. The molecular weight excluding hydrogens is 260 g/mol. The second kappa shape index (κ2) is 5.57. The van der Waals surface area contributed by atoms with E-state index < -0.39 is 0 Å². The summed E-state index contributed by atoms with van der Waals surface area (Å²) in [5.74, 6) is -0.274. The van der Waals surface area contributed by atoms with Gasteiger partial charge in [0.05, 0.1) is 6.61 Å². The summed E-state index contributed by atoms with van der Waals surface area (Å²) >= 11 is 1.55. The smallest absolute Gasteiger partial charge is 0.356 e. The fourth-order valence-electron chi connectivity index (χ4n) is 1.97. The van der Waals surface area contributed by atoms with E-state index in [-0.39, 0.29) is 5.97 Å². The zero-order chi connectivity index (χ0) is 14.0. The molecule has 2 heterocycles. The number of ether oxygens (including phenoxy) is 1. The summed E-state index contributed by atoms with van der Waals surface area (Å²) in [6, 6.07) is 6.06. The molecule has 2 aromatic rings. The van der Waals surface area contributed by atoms with Crippen molar-refractivity contribution in [2.24, 2.45) is 0 Å². The minimum atomic E-state index is -0.274. The first kappa shape index (κ1) is 13.8. The SMILES string of the molecule is CCOC(=O)c1c(SC)cc2cc(N(C)C)ccn12. The first-order chi connectivity index (χ1) is 9.08. The van der Waals surface area contributed by atoms with Crippen LogP contribution in [0.5, 0.6) is 0 Å². The summed E-state index contributed by atoms with van der Waals surface area (Å²) in [4.78, 5) is 15.0. The molecule has 0 fully saturated rings. The summed E-state index contributed by atoms with van der Waals surface area (Å²) in [6.45, 7) is 2.20. The van der Waals surface area contributed by atoms with Crippen molar-refractivity contribution in [2.75, 3.05) is 31.9 Å². The fraction of sp³-hybridized carbons (Fsp3) is 0.357. The number of fused-ring (bicyclic) bond motifs is 1. The normalized spacial score (nSPS) is 10.7. The Morgan fingerprint density at radius 2 is 2.16 bits per heavy atom. The molecule has 2 rings (SSSR count). The van der Waals surface area contributed by atoms with Crippen LogP contribution in [0.15, 0.2) is 29.3 Å². The number of rotatable bonds is 4. The molecule has 0 amide bonds. The molecule has 0 saturated heterocycles. The highest BCUT2D eigenvalue weighted by molar-refractivity contribution is 7.98. The van der Waals surface area contributed by atoms with Gasteiger partial charge >= 0.3 is 5.97 Å². The van der Waals surface area contributed by atoms with Crippen LogP contribution >= 0.6 is 11.8 Å². The Bertz CT molecular complexity index is 605. The number of esters is 1. The molecular formula is C14H18N2O2S. The van der Waals surface area contributed by atoms with E-state index in [0.717, 1.165) is 16.1 Å². The van der Waals surface area contributed by atoms with Gasteiger partial charge in [-0.25, -0.2) is 4.79 Å². The van der Waals surface area contributed by atoms with Crippen molar-refractivity contribution < 1.29 is 9.53 Å². The summed E-state index contributed by atoms with van der Waals surface area (Å²) in [5, 5.41) is 0. The van der Waals surface area contributed by atoms with Crippen molar-refractivity contribution in [3.63, 3.8) is 0 Å². The minimum Gasteiger partial charge on any atom is -0.461 e. The lowest BCUT2D eigenvalue weighted by atomic mass is 10.3. The molecule has 0 spiro atoms. The number of nitrogens with zero attached hydrogens (tertiary/aromatic N) is 2. The van der Waals surface area contributed by atoms with Crippen LogP contribution in [-0.4, -0.2) is 37.3 Å². The van der Waals surface area contributed by atoms with Gasteiger partial charge in [-0.15, -0.1) is 11.8 Å². The number of hydrogen-bond acceptors (Lipinski definition) is 4. The predicted octanol–water partition coefficient (Wildman–Crippen LogP) is 2.90. The largest absolute Gasteiger partial charge is 0.461 e. The van der Waals surface area contributed by atoms with E-state index in [1.165, 1.54) is 0 Å². The lowest BCUT2D eigenvalue weighted by molar-refractivity contribution is 0.0514. The maximum Gasteiger partial charge on any atom is 0.356 e. The van der Waals surface area contributed by atoms with Crippen molar-refractivity contribution in [1.82, 2.24) is 4.40 Å². The van der Waals surface area contributed by atoms with E-state index in [4.69, 9.17) is 4.74 Å². The van der Waals surface area contributed by atoms with Gasteiger partial charge in [-0.3, -0.25) is 0 Å². The van der Waals surface area contributed by atoms with Crippen molar-refractivity contribution in [3.05, 3.63) is 30.1 Å². The lowest BCUT2D eigenvalue weighted by Gasteiger charge is -2.12. The van der Waals surface area contributed by atoms with Crippen LogP contribution in [-0.2, 0) is 4.74 Å². The molecule has 5 heteroatoms. The standard InChI is InChI=1S/C14H18N2O2S/c1-5-18-14(17)13-12(19-4)9-11-8-10(15(2)3)6-7-16(11)13/h6-9H,5H2,1-4H3. The Morgan fingerprint density at radius 1 is 1.42 bits per heavy atom. The molecule has 0 N–H and O–H groups in total. The van der Waals surface area contributed by atoms with E-state index >= 15 is 0 Å². The van der Waals surface area contributed by atoms with Gasteiger partial charge < -0.3 is 14.0 Å². The van der Waals surface area contributed by atoms with Crippen LogP contribution in [0.4, 0.5) is 5.69 Å². The Balaban J connectivity index is 2.59. The molecule has 0 aromatic carbocycles. The molecule has 0 aliphatic heterocycles. The van der Waals surface area contributed by atoms with Crippen LogP contribution in [0.3, 0.4) is 0 Å². The Labute approximate surface area is 117 Å². The monoisotopic (exact) mass is 278 g/mol. The highest BCUT2D eigenvalue weighted by atomic mass is 32.2. The highest BCUT2D eigenvalue weighted by Gasteiger charge is 2.18. The van der Waals surface area contributed by atoms with Gasteiger partial charge in [-0.05, 0) is 31.4 Å². The van der Waals surface area contributed by atoms with Gasteiger partial charge in [0, 0.05) is 36.4 Å². The Kier molecular flexibility index (Phi) is 4.04. The van der Waals surface area contributed by atoms with Crippen molar-refractivity contribution in [1.29, 1.82) is 0 Å². The number of hydrogen-bond donors (Lipinski definition) is 0. The average Bonchev–Trinajstić information content (AvgIpc) is 2.76. The number of anilines is 1. The van der Waals surface area contributed by atoms with E-state index in [0.29, 0.717) is 12.3 Å². The molecule has 102 valence electrons. The molecule has 0 saturated carbocycles. The molecule has 0 unspecified atom stereocenters. The quantitative estimate of drug-likeness (QED) is 0.636. The molecule has 0 bridgehead atoms. The predicted molar refractivity (Wildman–Crippen MR) is 79.5 cm³/mol. The third kappa shape index (κ3) is 2.56. The van der Waals surface area contributed by atoms with Crippen LogP contribution in [0.25, 0.3) is 5.52 Å². The number of pyridine rings is 1. The topological polar surface area (TPSA) is 34.0 Å². The minimum absolute atomic E-state index is 0.274. The lowest BCUT2D eigenvalue weighted by Crippen LogP contribution is -2.11. The van der Waals surface area contributed by atoms with E-state index in [2.05, 4.69) is 6.07 Å². The van der Waals surface area contributed by atoms with Crippen LogP contribution in [0, 0.1) is 0 Å². The molecule has 0 aliphatic rings. The second-order valence-corrected chi connectivity index (χ2v) is 5.20. The van der Waals surface area contributed by atoms with Crippen LogP contribution in [0.1, 0.15) is 17.4 Å². The highest BCUT2D eigenvalue weighted by Crippen LogP contribution is 2.28. The fourth-order valence-corrected chi connectivity index (χ4v) is 2.59. The van der Waals surface area contributed by atoms with E-state index in [1.54, 1.807) is 11.8 Å². The van der Waals surface area contributed by atoms with Gasteiger partial charge in [0.15, 0.2) is 0 Å². The molecule has 0 radical (unpaired) electrons. The van der Waals surface area contributed by atoms with Crippen molar-refractivity contribution in [2.45, 2.75) is 11.8 Å². The van der Waals surface area contributed by atoms with Gasteiger partial charge in [-0.2, -0.15) is 0 Å². The first-order valence-corrected chi connectivity index (χ1v) is 7.34. The maximum atomic E-state index is 12.1. The summed E-state index contributed by atoms with van der Waals surface area (Å²) in [7, 11) is 3.99. The Hall–Kier alpha value is -1.62. The first-order valence-electron chi connectivity index (χ1n) is 6.12. The molecule has 0 aliphatic carbocycles. The number of carbonyl (C=O) groups excluding carboxylic acids is 1. The third-order valence-corrected chi connectivity index (χ3v) is 3.68. The molecule has 19 heavy (non-hydrogen) atoms. The summed E-state index contributed by atoms with van der Waals surface area (Å²) < 4.78 is 7.02. The molecule has 4 nitrogen and oxygen atoms in total. The number of aromatic nitrogens is 1. The van der Waals surface area contributed by atoms with Gasteiger partial charge in [-0.1, -0.05) is 0 Å². The zero-order valence-electron chi connectivity index (χ0n) is 11.6. The van der Waals surface area contributed by atoms with Crippen LogP contribution in [0.2, 0.25) is 0 Å². The van der Waals surface area contributed by atoms with E-state index in [9.17, 15) is 4.79 Å². The summed E-state index contributed by atoms with van der Waals surface area (Å²) in [5.41, 5.74) is 2.71.